The Bertz CT molecular complexity index is 492. The summed E-state index contributed by atoms with van der Waals surface area (Å²) in [5, 5.41) is 0. The molecule has 0 saturated heterocycles. The molecule has 0 atom stereocenters. The van der Waals surface area contributed by atoms with Crippen LogP contribution in [0.4, 0.5) is 8.78 Å². The van der Waals surface area contributed by atoms with E-state index in [2.05, 4.69) is 16.2 Å². The lowest BCUT2D eigenvalue weighted by molar-refractivity contribution is 0.588. The Kier molecular flexibility index (Phi) is 2.90. The lowest BCUT2D eigenvalue weighted by atomic mass is 10.1. The summed E-state index contributed by atoms with van der Waals surface area (Å²) in [7, 11) is 0. The highest BCUT2D eigenvalue weighted by atomic mass is 19.1. The van der Waals surface area contributed by atoms with E-state index in [1.807, 2.05) is 6.92 Å². The number of halogens is 2. The number of hydrogen-bond donors (Lipinski definition) is 0. The molecule has 2 rings (SSSR count). The minimum Gasteiger partial charge on any atom is -0.250 e. The zero-order valence-corrected chi connectivity index (χ0v) is 8.67. The predicted molar refractivity (Wildman–Crippen MR) is 55.6 cm³/mol. The monoisotopic (exact) mass is 219 g/mol. The van der Waals surface area contributed by atoms with Crippen molar-refractivity contribution < 1.29 is 8.78 Å². The summed E-state index contributed by atoms with van der Waals surface area (Å²) in [5.41, 5.74) is 0.644. The summed E-state index contributed by atoms with van der Waals surface area (Å²) >= 11 is 0. The highest BCUT2D eigenvalue weighted by molar-refractivity contribution is 5.59. The van der Waals surface area contributed by atoms with Gasteiger partial charge in [0.1, 0.15) is 17.8 Å². The third-order valence-corrected chi connectivity index (χ3v) is 2.19. The number of aromatic nitrogens is 2. The van der Waals surface area contributed by atoms with Crippen LogP contribution >= 0.6 is 0 Å². The second kappa shape index (κ2) is 4.35. The Morgan fingerprint density at radius 2 is 1.94 bits per heavy atom. The molecule has 0 aliphatic carbocycles. The number of benzene rings is 1. The van der Waals surface area contributed by atoms with Gasteiger partial charge in [-0.3, -0.25) is 4.98 Å². The van der Waals surface area contributed by atoms with Crippen LogP contribution in [-0.2, 0) is 6.42 Å². The molecule has 4 heteroatoms. The maximum Gasteiger partial charge on any atom is 0.135 e. The van der Waals surface area contributed by atoms with E-state index in [4.69, 9.17) is 0 Å². The lowest BCUT2D eigenvalue weighted by Gasteiger charge is -2.04. The molecule has 0 N–H and O–H groups in total. The van der Waals surface area contributed by atoms with E-state index >= 15 is 0 Å². The van der Waals surface area contributed by atoms with Crippen molar-refractivity contribution in [3.63, 3.8) is 0 Å². The van der Waals surface area contributed by atoms with Crippen LogP contribution < -0.4 is 0 Å². The average molecular weight is 219 g/mol. The van der Waals surface area contributed by atoms with Crippen molar-refractivity contribution in [2.75, 3.05) is 0 Å². The maximum absolute atomic E-state index is 13.5. The molecule has 1 heterocycles. The molecule has 0 unspecified atom stereocenters. The largest absolute Gasteiger partial charge is 0.250 e. The Labute approximate surface area is 92.0 Å². The van der Waals surface area contributed by atoms with Crippen LogP contribution in [0.2, 0.25) is 0 Å². The van der Waals surface area contributed by atoms with Gasteiger partial charge >= 0.3 is 0 Å². The van der Waals surface area contributed by atoms with Gasteiger partial charge in [-0.25, -0.2) is 13.8 Å². The smallest absolute Gasteiger partial charge is 0.135 e. The van der Waals surface area contributed by atoms with Gasteiger partial charge in [0.2, 0.25) is 0 Å². The normalized spacial score (nSPS) is 10.4. The van der Waals surface area contributed by atoms with E-state index in [1.165, 1.54) is 24.4 Å². The van der Waals surface area contributed by atoms with Gasteiger partial charge < -0.3 is 0 Å². The summed E-state index contributed by atoms with van der Waals surface area (Å²) < 4.78 is 26.9. The van der Waals surface area contributed by atoms with Gasteiger partial charge in [-0.1, -0.05) is 13.0 Å². The van der Waals surface area contributed by atoms with Crippen LogP contribution in [0.3, 0.4) is 0 Å². The molecule has 0 amide bonds. The first-order valence-electron chi connectivity index (χ1n) is 4.90. The van der Waals surface area contributed by atoms with Crippen molar-refractivity contribution in [3.05, 3.63) is 47.9 Å². The number of hydrogen-bond acceptors (Lipinski definition) is 2. The third kappa shape index (κ3) is 1.91. The quantitative estimate of drug-likeness (QED) is 0.776. The van der Waals surface area contributed by atoms with Crippen molar-refractivity contribution in [3.8, 4) is 11.3 Å². The third-order valence-electron chi connectivity index (χ3n) is 2.19. The molecule has 0 fully saturated rings. The highest BCUT2D eigenvalue weighted by Gasteiger charge is 2.12. The van der Waals surface area contributed by atoms with Crippen LogP contribution in [-0.4, -0.2) is 9.97 Å². The van der Waals surface area contributed by atoms with E-state index in [0.29, 0.717) is 12.1 Å². The maximum atomic E-state index is 13.5. The zero-order chi connectivity index (χ0) is 11.5. The molecular weight excluding hydrogens is 210 g/mol. The van der Waals surface area contributed by atoms with Crippen molar-refractivity contribution in [2.45, 2.75) is 13.3 Å². The minimum absolute atomic E-state index is 0.140. The first-order valence-corrected chi connectivity index (χ1v) is 4.90. The van der Waals surface area contributed by atoms with Gasteiger partial charge in [0.25, 0.3) is 0 Å². The second-order valence-electron chi connectivity index (χ2n) is 3.26. The molecule has 1 radical (unpaired) electrons. The molecular formula is C12H9F2N2. The Balaban J connectivity index is 2.58. The predicted octanol–water partition coefficient (Wildman–Crippen LogP) is 2.78. The molecule has 1 aromatic carbocycles. The molecule has 0 bridgehead atoms. The Hall–Kier alpha value is -1.84. The summed E-state index contributed by atoms with van der Waals surface area (Å²) in [6.07, 6.45) is 4.59. The van der Waals surface area contributed by atoms with Gasteiger partial charge in [0.15, 0.2) is 0 Å². The second-order valence-corrected chi connectivity index (χ2v) is 3.26. The molecule has 16 heavy (non-hydrogen) atoms. The van der Waals surface area contributed by atoms with Crippen molar-refractivity contribution in [2.24, 2.45) is 0 Å². The Morgan fingerprint density at radius 3 is 2.56 bits per heavy atom. The molecule has 0 saturated carbocycles. The number of rotatable bonds is 2. The summed E-state index contributed by atoms with van der Waals surface area (Å²) in [6.45, 7) is 1.88. The first-order chi connectivity index (χ1) is 7.72. The molecule has 0 aliphatic heterocycles. The van der Waals surface area contributed by atoms with Crippen LogP contribution in [0.15, 0.2) is 24.4 Å². The Morgan fingerprint density at radius 1 is 1.25 bits per heavy atom. The van der Waals surface area contributed by atoms with E-state index in [0.717, 1.165) is 0 Å². The van der Waals surface area contributed by atoms with Gasteiger partial charge in [0, 0.05) is 0 Å². The van der Waals surface area contributed by atoms with Crippen LogP contribution in [0.25, 0.3) is 11.3 Å². The number of nitrogens with zero attached hydrogens (tertiary/aromatic N) is 2. The topological polar surface area (TPSA) is 25.8 Å². The van der Waals surface area contributed by atoms with Gasteiger partial charge in [0.05, 0.1) is 23.1 Å². The SMILES string of the molecule is CCc1[c]ncc(-c2c(F)cccc2F)n1. The van der Waals surface area contributed by atoms with Crippen LogP contribution in [0.1, 0.15) is 12.6 Å². The van der Waals surface area contributed by atoms with E-state index in [-0.39, 0.29) is 11.3 Å². The molecule has 2 aromatic rings. The van der Waals surface area contributed by atoms with Gasteiger partial charge in [-0.15, -0.1) is 0 Å². The van der Waals surface area contributed by atoms with E-state index in [9.17, 15) is 8.78 Å². The summed E-state index contributed by atoms with van der Waals surface area (Å²) in [4.78, 5) is 7.88. The fourth-order valence-corrected chi connectivity index (χ4v) is 1.39. The summed E-state index contributed by atoms with van der Waals surface area (Å²) in [5.74, 6) is -1.27. The standard InChI is InChI=1S/C12H9F2N2/c1-2-8-6-15-7-11(16-8)12-9(13)4-3-5-10(12)14/h3-5,7H,2H2,1H3. The fraction of sp³-hybridized carbons (Fsp3) is 0.167. The lowest BCUT2D eigenvalue weighted by Crippen LogP contribution is -1.97. The highest BCUT2D eigenvalue weighted by Crippen LogP contribution is 2.23. The van der Waals surface area contributed by atoms with Crippen molar-refractivity contribution in [1.82, 2.24) is 9.97 Å². The van der Waals surface area contributed by atoms with Crippen molar-refractivity contribution >= 4 is 0 Å². The van der Waals surface area contributed by atoms with Gasteiger partial charge in [-0.05, 0) is 18.6 Å². The van der Waals surface area contributed by atoms with Crippen LogP contribution in [0.5, 0.6) is 0 Å². The van der Waals surface area contributed by atoms with E-state index in [1.54, 1.807) is 0 Å². The van der Waals surface area contributed by atoms with E-state index < -0.39 is 11.6 Å². The minimum atomic E-state index is -0.637. The molecule has 0 aliphatic rings. The molecule has 2 nitrogen and oxygen atoms in total. The average Bonchev–Trinajstić information content (AvgIpc) is 2.29. The fourth-order valence-electron chi connectivity index (χ4n) is 1.39. The van der Waals surface area contributed by atoms with Crippen LogP contribution in [0, 0.1) is 17.8 Å². The van der Waals surface area contributed by atoms with Gasteiger partial charge in [-0.2, -0.15) is 0 Å². The van der Waals surface area contributed by atoms with Crippen molar-refractivity contribution in [1.29, 1.82) is 0 Å². The number of aryl methyl sites for hydroxylation is 1. The first kappa shape index (κ1) is 10.7. The molecule has 81 valence electrons. The zero-order valence-electron chi connectivity index (χ0n) is 8.67. The molecule has 0 spiro atoms. The summed E-state index contributed by atoms with van der Waals surface area (Å²) in [6, 6.07) is 3.71. The molecule has 1 aromatic heterocycles.